The van der Waals surface area contributed by atoms with E-state index in [1.807, 2.05) is 48.2 Å². The van der Waals surface area contributed by atoms with Gasteiger partial charge in [0.1, 0.15) is 0 Å². The molecule has 0 aromatic heterocycles. The lowest BCUT2D eigenvalue weighted by atomic mass is 10.0. The van der Waals surface area contributed by atoms with Gasteiger partial charge < -0.3 is 10.2 Å². The van der Waals surface area contributed by atoms with E-state index < -0.39 is 0 Å². The third-order valence-corrected chi connectivity index (χ3v) is 5.40. The maximum atomic E-state index is 12.6. The normalized spacial score (nSPS) is 18.5. The lowest BCUT2D eigenvalue weighted by Gasteiger charge is -2.39. The summed E-state index contributed by atoms with van der Waals surface area (Å²) in [6.45, 7) is 4.32. The lowest BCUT2D eigenvalue weighted by molar-refractivity contribution is 0.116. The largest absolute Gasteiger partial charge is 0.321 e. The molecule has 126 valence electrons. The summed E-state index contributed by atoms with van der Waals surface area (Å²) in [5.74, 6) is 0. The number of hydrogen-bond donors (Lipinski definition) is 1. The maximum Gasteiger partial charge on any atom is 0.321 e. The number of urea groups is 1. The minimum atomic E-state index is -0.0419. The van der Waals surface area contributed by atoms with Crippen LogP contribution >= 0.6 is 15.9 Å². The average Bonchev–Trinajstić information content (AvgIpc) is 2.59. The summed E-state index contributed by atoms with van der Waals surface area (Å²) in [6, 6.07) is 16.4. The van der Waals surface area contributed by atoms with Crippen molar-refractivity contribution in [1.29, 1.82) is 0 Å². The third-order valence-electron chi connectivity index (χ3n) is 4.54. The van der Waals surface area contributed by atoms with E-state index in [9.17, 15) is 4.79 Å². The quantitative estimate of drug-likeness (QED) is 0.834. The van der Waals surface area contributed by atoms with E-state index in [4.69, 9.17) is 0 Å². The van der Waals surface area contributed by atoms with Crippen LogP contribution < -0.4 is 5.32 Å². The van der Waals surface area contributed by atoms with Crippen molar-refractivity contribution in [1.82, 2.24) is 9.80 Å². The van der Waals surface area contributed by atoms with Crippen LogP contribution in [0.25, 0.3) is 0 Å². The Hall–Kier alpha value is -1.85. The SMILES string of the molecule is Cc1ccc(NC(=O)N2CCN(C)C(c3ccccc3)C2)cc1Br. The Kier molecular flexibility index (Phi) is 5.21. The first-order valence-electron chi connectivity index (χ1n) is 8.12. The van der Waals surface area contributed by atoms with Gasteiger partial charge in [-0.25, -0.2) is 4.79 Å². The van der Waals surface area contributed by atoms with Gasteiger partial charge in [-0.2, -0.15) is 0 Å². The van der Waals surface area contributed by atoms with Gasteiger partial charge in [0, 0.05) is 29.8 Å². The zero-order valence-electron chi connectivity index (χ0n) is 14.0. The minimum Gasteiger partial charge on any atom is -0.321 e. The second-order valence-electron chi connectivity index (χ2n) is 6.25. The van der Waals surface area contributed by atoms with Crippen LogP contribution in [0.2, 0.25) is 0 Å². The van der Waals surface area contributed by atoms with Crippen LogP contribution in [0.15, 0.2) is 53.0 Å². The van der Waals surface area contributed by atoms with Crippen LogP contribution in [0.5, 0.6) is 0 Å². The number of carbonyl (C=O) groups excluding carboxylic acids is 1. The summed E-state index contributed by atoms with van der Waals surface area (Å²) in [7, 11) is 2.12. The van der Waals surface area contributed by atoms with Crippen molar-refractivity contribution >= 4 is 27.6 Å². The van der Waals surface area contributed by atoms with Crippen molar-refractivity contribution in [2.45, 2.75) is 13.0 Å². The molecule has 5 heteroatoms. The minimum absolute atomic E-state index is 0.0419. The fourth-order valence-corrected chi connectivity index (χ4v) is 3.35. The molecular formula is C19H22BrN3O. The van der Waals surface area contributed by atoms with Gasteiger partial charge in [-0.15, -0.1) is 0 Å². The van der Waals surface area contributed by atoms with Gasteiger partial charge in [0.25, 0.3) is 0 Å². The van der Waals surface area contributed by atoms with Crippen LogP contribution in [0.1, 0.15) is 17.2 Å². The first kappa shape index (κ1) is 17.0. The number of hydrogen-bond acceptors (Lipinski definition) is 2. The van der Waals surface area contributed by atoms with Gasteiger partial charge in [-0.1, -0.05) is 52.3 Å². The molecule has 4 nitrogen and oxygen atoms in total. The smallest absolute Gasteiger partial charge is 0.321 e. The highest BCUT2D eigenvalue weighted by atomic mass is 79.9. The number of amides is 2. The van der Waals surface area contributed by atoms with Gasteiger partial charge in [0.15, 0.2) is 0 Å². The molecule has 2 aromatic carbocycles. The highest BCUT2D eigenvalue weighted by molar-refractivity contribution is 9.10. The standard InChI is InChI=1S/C19H22BrN3O/c1-14-8-9-16(12-17(14)20)21-19(24)23-11-10-22(2)18(13-23)15-6-4-3-5-7-15/h3-9,12,18H,10-11,13H2,1-2H3,(H,21,24). The Balaban J connectivity index is 1.70. The number of anilines is 1. The molecule has 1 fully saturated rings. The number of nitrogens with one attached hydrogen (secondary N) is 1. The Morgan fingerprint density at radius 3 is 2.62 bits per heavy atom. The molecule has 3 rings (SSSR count). The van der Waals surface area contributed by atoms with E-state index in [1.54, 1.807) is 0 Å². The molecule has 1 saturated heterocycles. The number of piperazine rings is 1. The van der Waals surface area contributed by atoms with E-state index in [2.05, 4.69) is 45.3 Å². The lowest BCUT2D eigenvalue weighted by Crippen LogP contribution is -2.50. The number of benzene rings is 2. The maximum absolute atomic E-state index is 12.6. The molecule has 1 aliphatic heterocycles. The van der Waals surface area contributed by atoms with Crippen molar-refractivity contribution < 1.29 is 4.79 Å². The molecule has 2 aromatic rings. The predicted octanol–water partition coefficient (Wildman–Crippen LogP) is 4.28. The molecule has 0 radical (unpaired) electrons. The molecule has 0 spiro atoms. The Morgan fingerprint density at radius 1 is 1.17 bits per heavy atom. The van der Waals surface area contributed by atoms with Crippen molar-refractivity contribution in [2.24, 2.45) is 0 Å². The van der Waals surface area contributed by atoms with Gasteiger partial charge in [0.05, 0.1) is 6.04 Å². The summed E-state index contributed by atoms with van der Waals surface area (Å²) in [5, 5.41) is 3.01. The predicted molar refractivity (Wildman–Crippen MR) is 101 cm³/mol. The molecule has 1 aliphatic rings. The number of aryl methyl sites for hydroxylation is 1. The first-order valence-corrected chi connectivity index (χ1v) is 8.91. The monoisotopic (exact) mass is 387 g/mol. The fourth-order valence-electron chi connectivity index (χ4n) is 2.97. The van der Waals surface area contributed by atoms with Crippen LogP contribution in [0, 0.1) is 6.92 Å². The molecule has 0 saturated carbocycles. The third kappa shape index (κ3) is 3.79. The average molecular weight is 388 g/mol. The number of carbonyl (C=O) groups is 1. The molecule has 2 amide bonds. The molecule has 0 aliphatic carbocycles. The molecule has 0 bridgehead atoms. The molecule has 1 N–H and O–H groups in total. The van der Waals surface area contributed by atoms with E-state index >= 15 is 0 Å². The van der Waals surface area contributed by atoms with Crippen molar-refractivity contribution in [3.63, 3.8) is 0 Å². The number of halogens is 1. The summed E-state index contributed by atoms with van der Waals surface area (Å²) >= 11 is 3.51. The highest BCUT2D eigenvalue weighted by Crippen LogP contribution is 2.25. The van der Waals surface area contributed by atoms with Crippen molar-refractivity contribution in [2.75, 3.05) is 32.0 Å². The summed E-state index contributed by atoms with van der Waals surface area (Å²) in [6.07, 6.45) is 0. The second kappa shape index (κ2) is 7.36. The van der Waals surface area contributed by atoms with Gasteiger partial charge >= 0.3 is 6.03 Å². The van der Waals surface area contributed by atoms with E-state index in [1.165, 1.54) is 5.56 Å². The Labute approximate surface area is 151 Å². The molecule has 1 atom stereocenters. The van der Waals surface area contributed by atoms with Crippen molar-refractivity contribution in [3.8, 4) is 0 Å². The van der Waals surface area contributed by atoms with Crippen molar-refractivity contribution in [3.05, 3.63) is 64.1 Å². The van der Waals surface area contributed by atoms with E-state index in [0.717, 1.165) is 28.8 Å². The molecule has 1 unspecified atom stereocenters. The first-order chi connectivity index (χ1) is 11.5. The van der Waals surface area contributed by atoms with Gasteiger partial charge in [-0.05, 0) is 37.2 Å². The van der Waals surface area contributed by atoms with Crippen LogP contribution in [0.3, 0.4) is 0 Å². The fraction of sp³-hybridized carbons (Fsp3) is 0.316. The van der Waals surface area contributed by atoms with Gasteiger partial charge in [0.2, 0.25) is 0 Å². The van der Waals surface area contributed by atoms with Crippen LogP contribution in [-0.4, -0.2) is 42.5 Å². The van der Waals surface area contributed by atoms with E-state index in [-0.39, 0.29) is 12.1 Å². The molecule has 1 heterocycles. The van der Waals surface area contributed by atoms with Crippen LogP contribution in [0.4, 0.5) is 10.5 Å². The Bertz CT molecular complexity index is 720. The summed E-state index contributed by atoms with van der Waals surface area (Å²) in [5.41, 5.74) is 3.21. The number of likely N-dealkylation sites (N-methyl/N-ethyl adjacent to an activating group) is 1. The topological polar surface area (TPSA) is 35.6 Å². The number of rotatable bonds is 2. The molecular weight excluding hydrogens is 366 g/mol. The zero-order chi connectivity index (χ0) is 17.1. The Morgan fingerprint density at radius 2 is 1.92 bits per heavy atom. The highest BCUT2D eigenvalue weighted by Gasteiger charge is 2.28. The molecule has 24 heavy (non-hydrogen) atoms. The summed E-state index contributed by atoms with van der Waals surface area (Å²) < 4.78 is 1.00. The summed E-state index contributed by atoms with van der Waals surface area (Å²) in [4.78, 5) is 16.8. The van der Waals surface area contributed by atoms with Gasteiger partial charge in [-0.3, -0.25) is 4.90 Å². The van der Waals surface area contributed by atoms with E-state index in [0.29, 0.717) is 6.54 Å². The second-order valence-corrected chi connectivity index (χ2v) is 7.10. The van der Waals surface area contributed by atoms with Crippen LogP contribution in [-0.2, 0) is 0 Å². The zero-order valence-corrected chi connectivity index (χ0v) is 15.6. The number of nitrogens with zero attached hydrogens (tertiary/aromatic N) is 2.